The highest BCUT2D eigenvalue weighted by atomic mass is 16.4. The second-order valence-corrected chi connectivity index (χ2v) is 5.42. The van der Waals surface area contributed by atoms with Crippen LogP contribution in [0.2, 0.25) is 0 Å². The van der Waals surface area contributed by atoms with Crippen molar-refractivity contribution in [3.63, 3.8) is 0 Å². The molecule has 1 heterocycles. The van der Waals surface area contributed by atoms with Crippen molar-refractivity contribution < 1.29 is 19.1 Å². The predicted octanol–water partition coefficient (Wildman–Crippen LogP) is 2.63. The lowest BCUT2D eigenvalue weighted by Gasteiger charge is -2.22. The smallest absolute Gasteiger partial charge is 0.338 e. The third-order valence-corrected chi connectivity index (χ3v) is 3.25. The molecule has 1 fully saturated rings. The molecule has 104 valence electrons. The van der Waals surface area contributed by atoms with Crippen molar-refractivity contribution in [1.82, 2.24) is 4.90 Å². The zero-order chi connectivity index (χ0) is 14.0. The van der Waals surface area contributed by atoms with Gasteiger partial charge in [-0.15, -0.1) is 0 Å². The van der Waals surface area contributed by atoms with E-state index in [9.17, 15) is 9.59 Å². The molecule has 0 aromatic carbocycles. The zero-order valence-corrected chi connectivity index (χ0v) is 11.3. The van der Waals surface area contributed by atoms with Crippen LogP contribution in [-0.2, 0) is 0 Å². The number of aromatic carboxylic acids is 1. The van der Waals surface area contributed by atoms with E-state index in [0.29, 0.717) is 18.5 Å². The largest absolute Gasteiger partial charge is 0.478 e. The molecule has 0 unspecified atom stereocenters. The molecule has 1 aromatic heterocycles. The molecule has 1 saturated carbocycles. The van der Waals surface area contributed by atoms with Gasteiger partial charge in [0.25, 0.3) is 5.91 Å². The standard InChI is InChI=1S/C14H19NO4/c1-9(2)5-6-15(11-3-4-11)13(16)12-7-10(8-19-12)14(17)18/h7-9,11H,3-6H2,1-2H3,(H,17,18). The lowest BCUT2D eigenvalue weighted by molar-refractivity contribution is 0.0690. The number of carboxylic acid groups (broad SMARTS) is 1. The van der Waals surface area contributed by atoms with Crippen LogP contribution in [0, 0.1) is 5.92 Å². The van der Waals surface area contributed by atoms with E-state index in [1.54, 1.807) is 0 Å². The van der Waals surface area contributed by atoms with Gasteiger partial charge in [-0.2, -0.15) is 0 Å². The Morgan fingerprint density at radius 3 is 2.63 bits per heavy atom. The first-order valence-electron chi connectivity index (χ1n) is 6.62. The van der Waals surface area contributed by atoms with Gasteiger partial charge in [0.05, 0.1) is 5.56 Å². The summed E-state index contributed by atoms with van der Waals surface area (Å²) in [5, 5.41) is 8.83. The van der Waals surface area contributed by atoms with Crippen molar-refractivity contribution >= 4 is 11.9 Å². The summed E-state index contributed by atoms with van der Waals surface area (Å²) >= 11 is 0. The molecule has 0 saturated heterocycles. The predicted molar refractivity (Wildman–Crippen MR) is 69.2 cm³/mol. The van der Waals surface area contributed by atoms with Gasteiger partial charge in [0.2, 0.25) is 0 Å². The average Bonchev–Trinajstić information content (AvgIpc) is 3.05. The molecule has 1 amide bonds. The summed E-state index contributed by atoms with van der Waals surface area (Å²) in [7, 11) is 0. The Balaban J connectivity index is 2.07. The quantitative estimate of drug-likeness (QED) is 0.858. The first-order valence-corrected chi connectivity index (χ1v) is 6.62. The fourth-order valence-corrected chi connectivity index (χ4v) is 1.94. The Bertz CT molecular complexity index is 474. The van der Waals surface area contributed by atoms with E-state index >= 15 is 0 Å². The van der Waals surface area contributed by atoms with Gasteiger partial charge in [0.15, 0.2) is 5.76 Å². The summed E-state index contributed by atoms with van der Waals surface area (Å²) in [6, 6.07) is 1.60. The van der Waals surface area contributed by atoms with Gasteiger partial charge in [-0.1, -0.05) is 13.8 Å². The summed E-state index contributed by atoms with van der Waals surface area (Å²) in [6.45, 7) is 4.93. The minimum Gasteiger partial charge on any atom is -0.478 e. The molecule has 1 aromatic rings. The number of carboxylic acids is 1. The van der Waals surface area contributed by atoms with Crippen molar-refractivity contribution in [3.8, 4) is 0 Å². The van der Waals surface area contributed by atoms with Crippen LogP contribution < -0.4 is 0 Å². The van der Waals surface area contributed by atoms with Crippen molar-refractivity contribution in [3.05, 3.63) is 23.7 Å². The maximum atomic E-state index is 12.3. The van der Waals surface area contributed by atoms with Crippen LogP contribution in [0.5, 0.6) is 0 Å². The van der Waals surface area contributed by atoms with E-state index in [1.165, 1.54) is 6.07 Å². The molecule has 2 rings (SSSR count). The van der Waals surface area contributed by atoms with Gasteiger partial charge < -0.3 is 14.4 Å². The number of amides is 1. The second-order valence-electron chi connectivity index (χ2n) is 5.42. The number of carbonyl (C=O) groups excluding carboxylic acids is 1. The highest BCUT2D eigenvalue weighted by molar-refractivity contribution is 5.95. The Labute approximate surface area is 112 Å². The maximum Gasteiger partial charge on any atom is 0.338 e. The normalized spacial score (nSPS) is 14.7. The van der Waals surface area contributed by atoms with E-state index in [2.05, 4.69) is 13.8 Å². The van der Waals surface area contributed by atoms with Gasteiger partial charge in [-0.3, -0.25) is 4.79 Å². The van der Waals surface area contributed by atoms with Gasteiger partial charge in [-0.25, -0.2) is 4.79 Å². The molecule has 1 aliphatic carbocycles. The molecule has 19 heavy (non-hydrogen) atoms. The third kappa shape index (κ3) is 3.36. The SMILES string of the molecule is CC(C)CCN(C(=O)c1cc(C(=O)O)co1)C1CC1. The molecular formula is C14H19NO4. The minimum absolute atomic E-state index is 0.0166. The number of furan rings is 1. The van der Waals surface area contributed by atoms with Crippen molar-refractivity contribution in [2.45, 2.75) is 39.2 Å². The van der Waals surface area contributed by atoms with Crippen molar-refractivity contribution in [2.24, 2.45) is 5.92 Å². The highest BCUT2D eigenvalue weighted by Crippen LogP contribution is 2.29. The molecule has 0 radical (unpaired) electrons. The van der Waals surface area contributed by atoms with Crippen LogP contribution in [0.25, 0.3) is 0 Å². The molecule has 0 atom stereocenters. The summed E-state index contributed by atoms with van der Waals surface area (Å²) < 4.78 is 5.08. The van der Waals surface area contributed by atoms with E-state index in [4.69, 9.17) is 9.52 Å². The molecule has 0 aliphatic heterocycles. The van der Waals surface area contributed by atoms with E-state index in [1.807, 2.05) is 4.90 Å². The molecule has 5 nitrogen and oxygen atoms in total. The Morgan fingerprint density at radius 1 is 1.47 bits per heavy atom. The van der Waals surface area contributed by atoms with Crippen molar-refractivity contribution in [2.75, 3.05) is 6.54 Å². The fraction of sp³-hybridized carbons (Fsp3) is 0.571. The average molecular weight is 265 g/mol. The van der Waals surface area contributed by atoms with Crippen LogP contribution in [0.15, 0.2) is 16.7 Å². The minimum atomic E-state index is -1.08. The van der Waals surface area contributed by atoms with E-state index < -0.39 is 5.97 Å². The van der Waals surface area contributed by atoms with Gasteiger partial charge in [-0.05, 0) is 25.2 Å². The van der Waals surface area contributed by atoms with E-state index in [0.717, 1.165) is 25.5 Å². The number of hydrogen-bond acceptors (Lipinski definition) is 3. The molecule has 1 N–H and O–H groups in total. The summed E-state index contributed by atoms with van der Waals surface area (Å²) in [5.41, 5.74) is 0.0166. The summed E-state index contributed by atoms with van der Waals surface area (Å²) in [4.78, 5) is 24.9. The summed E-state index contributed by atoms with van der Waals surface area (Å²) in [6.07, 6.45) is 4.10. The number of nitrogens with zero attached hydrogens (tertiary/aromatic N) is 1. The van der Waals surface area contributed by atoms with Crippen LogP contribution in [-0.4, -0.2) is 34.5 Å². The number of hydrogen-bond donors (Lipinski definition) is 1. The van der Waals surface area contributed by atoms with Crippen LogP contribution >= 0.6 is 0 Å². The molecule has 1 aliphatic rings. The van der Waals surface area contributed by atoms with Crippen LogP contribution in [0.4, 0.5) is 0 Å². The van der Waals surface area contributed by atoms with Gasteiger partial charge in [0.1, 0.15) is 6.26 Å². The monoisotopic (exact) mass is 265 g/mol. The van der Waals surface area contributed by atoms with E-state index in [-0.39, 0.29) is 17.2 Å². The first kappa shape index (κ1) is 13.6. The number of carbonyl (C=O) groups is 2. The Morgan fingerprint density at radius 2 is 2.16 bits per heavy atom. The van der Waals surface area contributed by atoms with Gasteiger partial charge >= 0.3 is 5.97 Å². The molecule has 0 bridgehead atoms. The Hall–Kier alpha value is -1.78. The lowest BCUT2D eigenvalue weighted by atomic mass is 10.1. The van der Waals surface area contributed by atoms with Crippen LogP contribution in [0.3, 0.4) is 0 Å². The second kappa shape index (κ2) is 5.47. The number of rotatable bonds is 6. The molecular weight excluding hydrogens is 246 g/mol. The molecule has 5 heteroatoms. The maximum absolute atomic E-state index is 12.3. The lowest BCUT2D eigenvalue weighted by Crippen LogP contribution is -2.34. The van der Waals surface area contributed by atoms with Crippen LogP contribution in [0.1, 0.15) is 54.0 Å². The van der Waals surface area contributed by atoms with Gasteiger partial charge in [0, 0.05) is 18.7 Å². The first-order chi connectivity index (χ1) is 8.99. The highest BCUT2D eigenvalue weighted by Gasteiger charge is 2.34. The Kier molecular flexibility index (Phi) is 3.93. The zero-order valence-electron chi connectivity index (χ0n) is 11.3. The van der Waals surface area contributed by atoms with Crippen molar-refractivity contribution in [1.29, 1.82) is 0 Å². The topological polar surface area (TPSA) is 70.8 Å². The third-order valence-electron chi connectivity index (χ3n) is 3.25. The molecule has 0 spiro atoms. The summed E-state index contributed by atoms with van der Waals surface area (Å²) in [5.74, 6) is -0.633. The fourth-order valence-electron chi connectivity index (χ4n) is 1.94.